The van der Waals surface area contributed by atoms with E-state index in [-0.39, 0.29) is 23.9 Å². The lowest BCUT2D eigenvalue weighted by Crippen LogP contribution is -2.33. The Bertz CT molecular complexity index is 601. The number of rotatable bonds is 7. The molecule has 0 atom stereocenters. The topological polar surface area (TPSA) is 113 Å². The highest BCUT2D eigenvalue weighted by molar-refractivity contribution is 7.89. The number of sulfonamides is 1. The number of anilines is 1. The predicted octanol–water partition coefficient (Wildman–Crippen LogP) is -0.0793. The average molecular weight is 315 g/mol. The summed E-state index contributed by atoms with van der Waals surface area (Å²) < 4.78 is 24.8. The number of nitrogens with one attached hydrogen (secondary N) is 3. The van der Waals surface area contributed by atoms with Crippen molar-refractivity contribution in [3.63, 3.8) is 0 Å². The van der Waals surface area contributed by atoms with Crippen molar-refractivity contribution in [1.29, 1.82) is 0 Å². The van der Waals surface area contributed by atoms with Crippen molar-refractivity contribution in [3.05, 3.63) is 17.7 Å². The number of carbonyl (C=O) groups is 1. The van der Waals surface area contributed by atoms with Gasteiger partial charge in [-0.05, 0) is 7.05 Å². The molecule has 0 spiro atoms. The molecule has 3 N–H and O–H groups in total. The highest BCUT2D eigenvalue weighted by Crippen LogP contribution is 2.15. The Hall–Kier alpha value is -1.74. The molecule has 0 radical (unpaired) electrons. The van der Waals surface area contributed by atoms with E-state index in [1.807, 2.05) is 13.8 Å². The molecular formula is C12H21N5O3S. The lowest BCUT2D eigenvalue weighted by atomic mass is 10.2. The van der Waals surface area contributed by atoms with Crippen LogP contribution >= 0.6 is 0 Å². The van der Waals surface area contributed by atoms with Gasteiger partial charge in [-0.2, -0.15) is 0 Å². The molecule has 0 unspecified atom stereocenters. The minimum atomic E-state index is -3.35. The zero-order valence-corrected chi connectivity index (χ0v) is 13.4. The van der Waals surface area contributed by atoms with Crippen molar-refractivity contribution in [1.82, 2.24) is 20.0 Å². The number of carbonyl (C=O) groups excluding carboxylic acids is 1. The third kappa shape index (κ3) is 4.94. The first-order chi connectivity index (χ1) is 9.80. The maximum absolute atomic E-state index is 12.1. The van der Waals surface area contributed by atoms with E-state index in [0.717, 1.165) is 0 Å². The van der Waals surface area contributed by atoms with Gasteiger partial charge >= 0.3 is 0 Å². The van der Waals surface area contributed by atoms with Gasteiger partial charge in [0.1, 0.15) is 5.82 Å². The number of amides is 1. The smallest absolute Gasteiger partial charge is 0.272 e. The van der Waals surface area contributed by atoms with Crippen LogP contribution in [0, 0.1) is 0 Å². The van der Waals surface area contributed by atoms with Gasteiger partial charge in [-0.25, -0.2) is 23.1 Å². The second-order valence-electron chi connectivity index (χ2n) is 4.67. The zero-order chi connectivity index (χ0) is 16.0. The summed E-state index contributed by atoms with van der Waals surface area (Å²) in [4.78, 5) is 20.5. The van der Waals surface area contributed by atoms with Gasteiger partial charge in [-0.15, -0.1) is 0 Å². The van der Waals surface area contributed by atoms with Gasteiger partial charge in [0.15, 0.2) is 5.69 Å². The van der Waals surface area contributed by atoms with Crippen LogP contribution in [0.15, 0.2) is 6.20 Å². The van der Waals surface area contributed by atoms with Crippen molar-refractivity contribution in [2.75, 3.05) is 31.7 Å². The fourth-order valence-electron chi connectivity index (χ4n) is 1.51. The molecule has 0 saturated heterocycles. The van der Waals surface area contributed by atoms with E-state index >= 15 is 0 Å². The van der Waals surface area contributed by atoms with E-state index in [9.17, 15) is 13.2 Å². The summed E-state index contributed by atoms with van der Waals surface area (Å²) in [6, 6.07) is 0. The van der Waals surface area contributed by atoms with E-state index in [1.54, 1.807) is 13.2 Å². The van der Waals surface area contributed by atoms with Gasteiger partial charge in [-0.1, -0.05) is 13.8 Å². The Balaban J connectivity index is 2.83. The van der Waals surface area contributed by atoms with Gasteiger partial charge in [0.25, 0.3) is 5.91 Å². The van der Waals surface area contributed by atoms with E-state index < -0.39 is 15.9 Å². The second-order valence-corrected chi connectivity index (χ2v) is 6.72. The van der Waals surface area contributed by atoms with Crippen LogP contribution in [0.25, 0.3) is 0 Å². The van der Waals surface area contributed by atoms with Crippen molar-refractivity contribution >= 4 is 21.6 Å². The molecule has 1 heterocycles. The van der Waals surface area contributed by atoms with Gasteiger partial charge in [0.05, 0.1) is 17.6 Å². The van der Waals surface area contributed by atoms with Crippen LogP contribution in [0.5, 0.6) is 0 Å². The Kier molecular flexibility index (Phi) is 6.03. The fourth-order valence-corrected chi connectivity index (χ4v) is 2.09. The first kappa shape index (κ1) is 17.3. The zero-order valence-electron chi connectivity index (χ0n) is 12.6. The van der Waals surface area contributed by atoms with Crippen molar-refractivity contribution in [2.45, 2.75) is 19.8 Å². The molecule has 0 aromatic carbocycles. The van der Waals surface area contributed by atoms with E-state index in [0.29, 0.717) is 11.5 Å². The molecule has 118 valence electrons. The van der Waals surface area contributed by atoms with Gasteiger partial charge in [-0.3, -0.25) is 4.79 Å². The monoisotopic (exact) mass is 315 g/mol. The summed E-state index contributed by atoms with van der Waals surface area (Å²) in [6.45, 7) is 3.86. The Morgan fingerprint density at radius 3 is 2.52 bits per heavy atom. The lowest BCUT2D eigenvalue weighted by Gasteiger charge is -2.11. The molecule has 8 nitrogen and oxygen atoms in total. The highest BCUT2D eigenvalue weighted by Gasteiger charge is 2.16. The molecule has 1 rings (SSSR count). The summed E-state index contributed by atoms with van der Waals surface area (Å²) in [7, 11) is -0.356. The molecule has 0 bridgehead atoms. The number of nitrogens with zero attached hydrogens (tertiary/aromatic N) is 2. The predicted molar refractivity (Wildman–Crippen MR) is 80.8 cm³/mol. The second kappa shape index (κ2) is 7.32. The third-order valence-electron chi connectivity index (χ3n) is 2.78. The molecule has 0 aliphatic rings. The lowest BCUT2D eigenvalue weighted by molar-refractivity contribution is 0.0951. The Morgan fingerprint density at radius 2 is 2.00 bits per heavy atom. The van der Waals surface area contributed by atoms with Gasteiger partial charge in [0.2, 0.25) is 10.0 Å². The molecule has 0 aliphatic carbocycles. The number of hydrogen-bond acceptors (Lipinski definition) is 6. The first-order valence-corrected chi connectivity index (χ1v) is 8.20. The Labute approximate surface area is 124 Å². The molecule has 0 aliphatic heterocycles. The van der Waals surface area contributed by atoms with E-state index in [4.69, 9.17) is 0 Å². The number of aromatic nitrogens is 2. The fraction of sp³-hybridized carbons (Fsp3) is 0.583. The van der Waals surface area contributed by atoms with E-state index in [1.165, 1.54) is 7.05 Å². The number of hydrogen-bond donors (Lipinski definition) is 3. The molecule has 21 heavy (non-hydrogen) atoms. The highest BCUT2D eigenvalue weighted by atomic mass is 32.2. The van der Waals surface area contributed by atoms with Gasteiger partial charge in [0, 0.05) is 19.5 Å². The van der Waals surface area contributed by atoms with Crippen LogP contribution in [0.4, 0.5) is 5.69 Å². The van der Waals surface area contributed by atoms with E-state index in [2.05, 4.69) is 25.3 Å². The van der Waals surface area contributed by atoms with Crippen molar-refractivity contribution in [2.24, 2.45) is 0 Å². The van der Waals surface area contributed by atoms with Crippen LogP contribution < -0.4 is 15.4 Å². The standard InChI is InChI=1S/C12H21N5O3S/c1-8(2)11-16-7-9(13-3)10(17-11)12(18)15-5-6-21(19,20)14-4/h7-8,13-14H,5-6H2,1-4H3,(H,15,18). The Morgan fingerprint density at radius 1 is 1.33 bits per heavy atom. The van der Waals surface area contributed by atoms with Crippen LogP contribution in [0.1, 0.15) is 36.1 Å². The molecular weight excluding hydrogens is 294 g/mol. The van der Waals surface area contributed by atoms with Gasteiger partial charge < -0.3 is 10.6 Å². The summed E-state index contributed by atoms with van der Waals surface area (Å²) in [5, 5.41) is 5.39. The molecule has 1 aromatic heterocycles. The normalized spacial score (nSPS) is 11.5. The summed E-state index contributed by atoms with van der Waals surface area (Å²) in [5.41, 5.74) is 0.700. The largest absolute Gasteiger partial charge is 0.385 e. The third-order valence-corrected chi connectivity index (χ3v) is 4.14. The molecule has 0 fully saturated rings. The van der Waals surface area contributed by atoms with Crippen molar-refractivity contribution < 1.29 is 13.2 Å². The maximum Gasteiger partial charge on any atom is 0.272 e. The molecule has 1 amide bonds. The molecule has 0 saturated carbocycles. The maximum atomic E-state index is 12.1. The average Bonchev–Trinajstić information content (AvgIpc) is 2.46. The van der Waals surface area contributed by atoms with Crippen LogP contribution in [-0.4, -0.2) is 50.7 Å². The van der Waals surface area contributed by atoms with Crippen molar-refractivity contribution in [3.8, 4) is 0 Å². The molecule has 9 heteroatoms. The SMILES string of the molecule is CNc1cnc(C(C)C)nc1C(=O)NCCS(=O)(=O)NC. The van der Waals surface area contributed by atoms with Crippen LogP contribution in [0.2, 0.25) is 0 Å². The first-order valence-electron chi connectivity index (χ1n) is 6.54. The van der Waals surface area contributed by atoms with Crippen LogP contribution in [0.3, 0.4) is 0 Å². The molecule has 1 aromatic rings. The summed E-state index contributed by atoms with van der Waals surface area (Å²) in [6.07, 6.45) is 1.54. The van der Waals surface area contributed by atoms with Crippen LogP contribution in [-0.2, 0) is 10.0 Å². The minimum absolute atomic E-state index is 0.00613. The minimum Gasteiger partial charge on any atom is -0.385 e. The summed E-state index contributed by atoms with van der Waals surface area (Å²) >= 11 is 0. The summed E-state index contributed by atoms with van der Waals surface area (Å²) in [5.74, 6) is 0.0239. The quantitative estimate of drug-likeness (QED) is 0.649.